The molecule has 0 saturated heterocycles. The third-order valence-corrected chi connectivity index (χ3v) is 3.20. The molecule has 1 aliphatic rings. The Labute approximate surface area is 104 Å². The maximum Gasteiger partial charge on any atom is 0.326 e. The fourth-order valence-electron chi connectivity index (χ4n) is 2.08. The maximum atomic E-state index is 11.6. The Morgan fingerprint density at radius 2 is 2.00 bits per heavy atom. The standard InChI is InChI=1S/C12H12ClNO3/c13-6-11(15)14-7-9-4-2-1-3-8(9)5-10(14)12(16)17/h1-4,10H,5-7H2,(H,16,17)/t10-/m1/s1. The van der Waals surface area contributed by atoms with Crippen LogP contribution in [-0.2, 0) is 22.6 Å². The normalized spacial score (nSPS) is 18.6. The number of rotatable bonds is 2. The number of halogens is 1. The van der Waals surface area contributed by atoms with E-state index in [9.17, 15) is 9.59 Å². The molecule has 1 aromatic carbocycles. The van der Waals surface area contributed by atoms with Crippen LogP contribution in [0.15, 0.2) is 24.3 Å². The number of amides is 1. The van der Waals surface area contributed by atoms with E-state index in [1.165, 1.54) is 4.90 Å². The van der Waals surface area contributed by atoms with Gasteiger partial charge in [-0.2, -0.15) is 0 Å². The minimum absolute atomic E-state index is 0.189. The molecule has 0 fully saturated rings. The lowest BCUT2D eigenvalue weighted by Gasteiger charge is -2.34. The molecule has 1 amide bonds. The number of hydrogen-bond acceptors (Lipinski definition) is 2. The molecule has 5 heteroatoms. The zero-order valence-corrected chi connectivity index (χ0v) is 9.85. The highest BCUT2D eigenvalue weighted by molar-refractivity contribution is 6.27. The van der Waals surface area contributed by atoms with E-state index in [2.05, 4.69) is 0 Å². The molecule has 17 heavy (non-hydrogen) atoms. The van der Waals surface area contributed by atoms with Gasteiger partial charge in [-0.25, -0.2) is 4.79 Å². The highest BCUT2D eigenvalue weighted by Gasteiger charge is 2.33. The summed E-state index contributed by atoms with van der Waals surface area (Å²) in [5.74, 6) is -1.52. The molecule has 2 rings (SSSR count). The summed E-state index contributed by atoms with van der Waals surface area (Å²) in [4.78, 5) is 24.1. The van der Waals surface area contributed by atoms with Crippen molar-refractivity contribution in [1.29, 1.82) is 0 Å². The largest absolute Gasteiger partial charge is 0.480 e. The number of nitrogens with zero attached hydrogens (tertiary/aromatic N) is 1. The van der Waals surface area contributed by atoms with Gasteiger partial charge in [0, 0.05) is 13.0 Å². The number of fused-ring (bicyclic) bond motifs is 1. The molecule has 0 bridgehead atoms. The fraction of sp³-hybridized carbons (Fsp3) is 0.333. The maximum absolute atomic E-state index is 11.6. The number of carboxylic acid groups (broad SMARTS) is 1. The minimum Gasteiger partial charge on any atom is -0.480 e. The molecule has 0 unspecified atom stereocenters. The van der Waals surface area contributed by atoms with Crippen LogP contribution >= 0.6 is 11.6 Å². The second-order valence-corrected chi connectivity index (χ2v) is 4.25. The summed E-state index contributed by atoms with van der Waals surface area (Å²) in [5.41, 5.74) is 1.97. The third kappa shape index (κ3) is 2.26. The molecular weight excluding hydrogens is 242 g/mol. The molecule has 4 nitrogen and oxygen atoms in total. The van der Waals surface area contributed by atoms with Crippen LogP contribution in [0.4, 0.5) is 0 Å². The van der Waals surface area contributed by atoms with Gasteiger partial charge in [0.2, 0.25) is 5.91 Å². The van der Waals surface area contributed by atoms with E-state index in [1.807, 2.05) is 24.3 Å². The van der Waals surface area contributed by atoms with Gasteiger partial charge in [0.25, 0.3) is 0 Å². The van der Waals surface area contributed by atoms with Crippen LogP contribution in [0.5, 0.6) is 0 Å². The first-order valence-electron chi connectivity index (χ1n) is 5.28. The Bertz CT molecular complexity index is 461. The van der Waals surface area contributed by atoms with E-state index >= 15 is 0 Å². The third-order valence-electron chi connectivity index (χ3n) is 2.97. The van der Waals surface area contributed by atoms with E-state index in [1.54, 1.807) is 0 Å². The van der Waals surface area contributed by atoms with E-state index in [4.69, 9.17) is 16.7 Å². The number of carbonyl (C=O) groups excluding carboxylic acids is 1. The van der Waals surface area contributed by atoms with E-state index < -0.39 is 12.0 Å². The zero-order chi connectivity index (χ0) is 12.4. The monoisotopic (exact) mass is 253 g/mol. The van der Waals surface area contributed by atoms with Crippen LogP contribution < -0.4 is 0 Å². The van der Waals surface area contributed by atoms with Gasteiger partial charge in [-0.1, -0.05) is 24.3 Å². The first-order chi connectivity index (χ1) is 8.13. The Morgan fingerprint density at radius 1 is 1.35 bits per heavy atom. The summed E-state index contributed by atoms with van der Waals surface area (Å²) in [6.45, 7) is 0.318. The summed E-state index contributed by atoms with van der Waals surface area (Å²) < 4.78 is 0. The Hall–Kier alpha value is -1.55. The Morgan fingerprint density at radius 3 is 2.59 bits per heavy atom. The molecule has 0 saturated carbocycles. The van der Waals surface area contributed by atoms with Crippen molar-refractivity contribution in [3.8, 4) is 0 Å². The highest BCUT2D eigenvalue weighted by Crippen LogP contribution is 2.23. The van der Waals surface area contributed by atoms with Gasteiger partial charge in [0.05, 0.1) is 0 Å². The molecule has 1 aliphatic heterocycles. The van der Waals surface area contributed by atoms with Crippen molar-refractivity contribution in [2.24, 2.45) is 0 Å². The fourth-order valence-corrected chi connectivity index (χ4v) is 2.24. The highest BCUT2D eigenvalue weighted by atomic mass is 35.5. The number of aliphatic carboxylic acids is 1. The van der Waals surface area contributed by atoms with Crippen LogP contribution in [-0.4, -0.2) is 33.8 Å². The van der Waals surface area contributed by atoms with Gasteiger partial charge in [0.15, 0.2) is 0 Å². The van der Waals surface area contributed by atoms with Crippen molar-refractivity contribution in [3.05, 3.63) is 35.4 Å². The number of carbonyl (C=O) groups is 2. The van der Waals surface area contributed by atoms with E-state index in [0.29, 0.717) is 13.0 Å². The topological polar surface area (TPSA) is 57.6 Å². The number of benzene rings is 1. The lowest BCUT2D eigenvalue weighted by Crippen LogP contribution is -2.49. The van der Waals surface area contributed by atoms with Gasteiger partial charge in [0.1, 0.15) is 11.9 Å². The van der Waals surface area contributed by atoms with Crippen molar-refractivity contribution in [2.45, 2.75) is 19.0 Å². The van der Waals surface area contributed by atoms with Crippen LogP contribution in [0.2, 0.25) is 0 Å². The lowest BCUT2D eigenvalue weighted by molar-refractivity contribution is -0.150. The molecule has 1 N–H and O–H groups in total. The summed E-state index contributed by atoms with van der Waals surface area (Å²) in [7, 11) is 0. The van der Waals surface area contributed by atoms with Gasteiger partial charge in [-0.3, -0.25) is 4.79 Å². The van der Waals surface area contributed by atoms with Crippen LogP contribution in [0.25, 0.3) is 0 Å². The quantitative estimate of drug-likeness (QED) is 0.808. The second kappa shape index (κ2) is 4.75. The van der Waals surface area contributed by atoms with Crippen molar-refractivity contribution in [1.82, 2.24) is 4.90 Å². The molecule has 0 radical (unpaired) electrons. The number of carboxylic acids is 1. The summed E-state index contributed by atoms with van der Waals surface area (Å²) in [6.07, 6.45) is 0.341. The first-order valence-corrected chi connectivity index (χ1v) is 5.82. The van der Waals surface area contributed by atoms with Gasteiger partial charge in [-0.15, -0.1) is 11.6 Å². The van der Waals surface area contributed by atoms with Crippen LogP contribution in [0.3, 0.4) is 0 Å². The summed E-state index contributed by atoms with van der Waals surface area (Å²) in [5, 5.41) is 9.14. The number of alkyl halides is 1. The van der Waals surface area contributed by atoms with Crippen molar-refractivity contribution in [2.75, 3.05) is 5.88 Å². The average molecular weight is 254 g/mol. The molecule has 0 aromatic heterocycles. The SMILES string of the molecule is O=C(O)[C@H]1Cc2ccccc2CN1C(=O)CCl. The smallest absolute Gasteiger partial charge is 0.326 e. The predicted octanol–water partition coefficient (Wildman–Crippen LogP) is 1.26. The molecule has 0 aliphatic carbocycles. The molecule has 1 aromatic rings. The summed E-state index contributed by atoms with van der Waals surface area (Å²) >= 11 is 5.50. The van der Waals surface area contributed by atoms with Crippen LogP contribution in [0, 0.1) is 0 Å². The lowest BCUT2D eigenvalue weighted by atomic mass is 9.94. The van der Waals surface area contributed by atoms with Crippen LogP contribution in [0.1, 0.15) is 11.1 Å². The van der Waals surface area contributed by atoms with E-state index in [-0.39, 0.29) is 11.8 Å². The molecule has 1 heterocycles. The molecule has 1 atom stereocenters. The van der Waals surface area contributed by atoms with Gasteiger partial charge < -0.3 is 10.0 Å². The molecule has 0 spiro atoms. The minimum atomic E-state index is -0.988. The van der Waals surface area contributed by atoms with Gasteiger partial charge >= 0.3 is 5.97 Å². The molecule has 90 valence electrons. The second-order valence-electron chi connectivity index (χ2n) is 3.98. The van der Waals surface area contributed by atoms with Crippen molar-refractivity contribution >= 4 is 23.5 Å². The zero-order valence-electron chi connectivity index (χ0n) is 9.10. The van der Waals surface area contributed by atoms with Crippen molar-refractivity contribution in [3.63, 3.8) is 0 Å². The number of hydrogen-bond donors (Lipinski definition) is 1. The Balaban J connectivity index is 2.34. The van der Waals surface area contributed by atoms with Crippen molar-refractivity contribution < 1.29 is 14.7 Å². The Kier molecular flexibility index (Phi) is 3.33. The summed E-state index contributed by atoms with van der Waals surface area (Å²) in [6, 6.07) is 6.74. The van der Waals surface area contributed by atoms with E-state index in [0.717, 1.165) is 11.1 Å². The molecular formula is C12H12ClNO3. The van der Waals surface area contributed by atoms with Gasteiger partial charge in [-0.05, 0) is 11.1 Å². The predicted molar refractivity (Wildman–Crippen MR) is 62.8 cm³/mol. The first kappa shape index (κ1) is 11.9. The average Bonchev–Trinajstić information content (AvgIpc) is 2.36.